The molecule has 0 saturated carbocycles. The van der Waals surface area contributed by atoms with E-state index in [-0.39, 0.29) is 12.2 Å². The van der Waals surface area contributed by atoms with Crippen molar-refractivity contribution in [3.63, 3.8) is 0 Å². The molecule has 0 bridgehead atoms. The molecule has 0 fully saturated rings. The average molecular weight is 228 g/mol. The molecule has 0 aliphatic heterocycles. The zero-order chi connectivity index (χ0) is 12.1. The maximum atomic E-state index is 13.1. The van der Waals surface area contributed by atoms with Gasteiger partial charge in [-0.15, -0.1) is 0 Å². The molecule has 0 aliphatic rings. The molecular weight excluding hydrogens is 215 g/mol. The van der Waals surface area contributed by atoms with Gasteiger partial charge in [0.15, 0.2) is 17.7 Å². The van der Waals surface area contributed by atoms with Gasteiger partial charge in [-0.25, -0.2) is 9.18 Å². The van der Waals surface area contributed by atoms with E-state index in [1.165, 1.54) is 32.4 Å². The van der Waals surface area contributed by atoms with Gasteiger partial charge in [-0.3, -0.25) is 0 Å². The molecular formula is C11H13FO4. The first kappa shape index (κ1) is 12.4. The molecule has 0 radical (unpaired) electrons. The van der Waals surface area contributed by atoms with Crippen molar-refractivity contribution in [2.45, 2.75) is 12.5 Å². The van der Waals surface area contributed by atoms with E-state index in [4.69, 9.17) is 4.74 Å². The highest BCUT2D eigenvalue weighted by Gasteiger charge is 2.16. The molecule has 0 aliphatic carbocycles. The number of hydrogen-bond donors (Lipinski definition) is 1. The molecule has 1 atom stereocenters. The molecule has 4 nitrogen and oxygen atoms in total. The van der Waals surface area contributed by atoms with E-state index in [0.717, 1.165) is 0 Å². The largest absolute Gasteiger partial charge is 0.494 e. The van der Waals surface area contributed by atoms with Gasteiger partial charge in [0.1, 0.15) is 0 Å². The highest BCUT2D eigenvalue weighted by Crippen LogP contribution is 2.19. The summed E-state index contributed by atoms with van der Waals surface area (Å²) in [6.07, 6.45) is -1.19. The molecule has 1 N–H and O–H groups in total. The van der Waals surface area contributed by atoms with Crippen molar-refractivity contribution in [3.8, 4) is 5.75 Å². The van der Waals surface area contributed by atoms with Crippen LogP contribution >= 0.6 is 0 Å². The number of halogens is 1. The van der Waals surface area contributed by atoms with Crippen molar-refractivity contribution in [1.82, 2.24) is 0 Å². The van der Waals surface area contributed by atoms with Crippen molar-refractivity contribution in [2.75, 3.05) is 14.2 Å². The molecule has 1 rings (SSSR count). The van der Waals surface area contributed by atoms with Gasteiger partial charge in [-0.05, 0) is 17.7 Å². The van der Waals surface area contributed by atoms with Crippen molar-refractivity contribution in [3.05, 3.63) is 29.6 Å². The molecule has 1 aromatic carbocycles. The minimum atomic E-state index is -1.25. The number of hydrogen-bond acceptors (Lipinski definition) is 4. The summed E-state index contributed by atoms with van der Waals surface area (Å²) in [5.41, 5.74) is 0.594. The van der Waals surface area contributed by atoms with Crippen LogP contribution in [0.4, 0.5) is 4.39 Å². The molecule has 0 amide bonds. The topological polar surface area (TPSA) is 55.8 Å². The molecule has 0 spiro atoms. The van der Waals surface area contributed by atoms with E-state index in [0.29, 0.717) is 5.56 Å². The average Bonchev–Trinajstić information content (AvgIpc) is 2.30. The highest BCUT2D eigenvalue weighted by molar-refractivity contribution is 5.74. The second-order valence-corrected chi connectivity index (χ2v) is 3.21. The number of carbonyl (C=O) groups excluding carboxylic acids is 1. The normalized spacial score (nSPS) is 12.0. The zero-order valence-corrected chi connectivity index (χ0v) is 9.07. The minimum Gasteiger partial charge on any atom is -0.494 e. The van der Waals surface area contributed by atoms with Gasteiger partial charge < -0.3 is 14.6 Å². The van der Waals surface area contributed by atoms with Gasteiger partial charge >= 0.3 is 5.97 Å². The second kappa shape index (κ2) is 5.46. The number of rotatable bonds is 4. The quantitative estimate of drug-likeness (QED) is 0.778. The Labute approximate surface area is 92.6 Å². The van der Waals surface area contributed by atoms with Crippen LogP contribution in [0.25, 0.3) is 0 Å². The van der Waals surface area contributed by atoms with E-state index in [9.17, 15) is 14.3 Å². The maximum Gasteiger partial charge on any atom is 0.335 e. The van der Waals surface area contributed by atoms with E-state index in [1.54, 1.807) is 0 Å². The lowest BCUT2D eigenvalue weighted by molar-refractivity contribution is -0.150. The molecule has 5 heteroatoms. The molecule has 88 valence electrons. The van der Waals surface area contributed by atoms with Crippen molar-refractivity contribution >= 4 is 5.97 Å². The Bertz CT molecular complexity index is 378. The van der Waals surface area contributed by atoms with Crippen LogP contribution in [-0.2, 0) is 16.0 Å². The van der Waals surface area contributed by atoms with Gasteiger partial charge in [0.05, 0.1) is 14.2 Å². The molecule has 1 aromatic rings. The number of ether oxygens (including phenoxy) is 2. The predicted molar refractivity (Wildman–Crippen MR) is 54.7 cm³/mol. The summed E-state index contributed by atoms with van der Waals surface area (Å²) in [6, 6.07) is 4.13. The van der Waals surface area contributed by atoms with Crippen LogP contribution in [-0.4, -0.2) is 31.4 Å². The number of aliphatic hydroxyl groups excluding tert-OH is 1. The third kappa shape index (κ3) is 2.93. The smallest absolute Gasteiger partial charge is 0.335 e. The molecule has 0 saturated heterocycles. The molecule has 0 heterocycles. The first-order valence-electron chi connectivity index (χ1n) is 4.66. The van der Waals surface area contributed by atoms with Crippen LogP contribution in [0, 0.1) is 5.82 Å². The van der Waals surface area contributed by atoms with E-state index in [2.05, 4.69) is 4.74 Å². The number of esters is 1. The predicted octanol–water partition coefficient (Wildman–Crippen LogP) is 0.911. The van der Waals surface area contributed by atoms with Crippen LogP contribution < -0.4 is 4.74 Å². The maximum absolute atomic E-state index is 13.1. The van der Waals surface area contributed by atoms with Gasteiger partial charge in [-0.1, -0.05) is 6.07 Å². The Balaban J connectivity index is 2.78. The summed E-state index contributed by atoms with van der Waals surface area (Å²) in [4.78, 5) is 11.0. The minimum absolute atomic E-state index is 0.0588. The van der Waals surface area contributed by atoms with Crippen LogP contribution in [0.15, 0.2) is 18.2 Å². The SMILES string of the molecule is COC(=O)C(O)Cc1ccc(F)c(OC)c1. The lowest BCUT2D eigenvalue weighted by Crippen LogP contribution is -2.24. The third-order valence-electron chi connectivity index (χ3n) is 2.12. The lowest BCUT2D eigenvalue weighted by Gasteiger charge is -2.09. The van der Waals surface area contributed by atoms with Gasteiger partial charge in [-0.2, -0.15) is 0 Å². The number of benzene rings is 1. The molecule has 1 unspecified atom stereocenters. The summed E-state index contributed by atoms with van der Waals surface area (Å²) < 4.78 is 22.2. The Kier molecular flexibility index (Phi) is 4.25. The number of methoxy groups -OCH3 is 2. The molecule has 16 heavy (non-hydrogen) atoms. The lowest BCUT2D eigenvalue weighted by atomic mass is 10.1. The summed E-state index contributed by atoms with van der Waals surface area (Å²) >= 11 is 0. The fourth-order valence-corrected chi connectivity index (χ4v) is 1.27. The van der Waals surface area contributed by atoms with Crippen molar-refractivity contribution in [2.24, 2.45) is 0 Å². The first-order chi connectivity index (χ1) is 7.58. The number of aliphatic hydroxyl groups is 1. The van der Waals surface area contributed by atoms with Crippen LogP contribution in [0.3, 0.4) is 0 Å². The Morgan fingerprint density at radius 1 is 1.50 bits per heavy atom. The van der Waals surface area contributed by atoms with Crippen LogP contribution in [0.2, 0.25) is 0 Å². The Morgan fingerprint density at radius 3 is 2.75 bits per heavy atom. The zero-order valence-electron chi connectivity index (χ0n) is 9.07. The summed E-state index contributed by atoms with van der Waals surface area (Å²) in [5, 5.41) is 9.39. The van der Waals surface area contributed by atoms with E-state index < -0.39 is 17.9 Å². The summed E-state index contributed by atoms with van der Waals surface area (Å²) in [7, 11) is 2.54. The van der Waals surface area contributed by atoms with Crippen LogP contribution in [0.5, 0.6) is 5.75 Å². The van der Waals surface area contributed by atoms with E-state index >= 15 is 0 Å². The molecule has 0 aromatic heterocycles. The third-order valence-corrected chi connectivity index (χ3v) is 2.12. The van der Waals surface area contributed by atoms with Crippen molar-refractivity contribution < 1.29 is 23.8 Å². The Hall–Kier alpha value is -1.62. The fourth-order valence-electron chi connectivity index (χ4n) is 1.27. The van der Waals surface area contributed by atoms with Gasteiger partial charge in [0, 0.05) is 6.42 Å². The van der Waals surface area contributed by atoms with Gasteiger partial charge in [0.25, 0.3) is 0 Å². The monoisotopic (exact) mass is 228 g/mol. The van der Waals surface area contributed by atoms with E-state index in [1.807, 2.05) is 0 Å². The number of carbonyl (C=O) groups is 1. The first-order valence-corrected chi connectivity index (χ1v) is 4.66. The highest BCUT2D eigenvalue weighted by atomic mass is 19.1. The summed E-state index contributed by atoms with van der Waals surface area (Å²) in [5.74, 6) is -1.13. The fraction of sp³-hybridized carbons (Fsp3) is 0.364. The Morgan fingerprint density at radius 2 is 2.19 bits per heavy atom. The van der Waals surface area contributed by atoms with Crippen LogP contribution in [0.1, 0.15) is 5.56 Å². The standard InChI is InChI=1S/C11H13FO4/c1-15-10-6-7(3-4-8(10)12)5-9(13)11(14)16-2/h3-4,6,9,13H,5H2,1-2H3. The second-order valence-electron chi connectivity index (χ2n) is 3.21. The van der Waals surface area contributed by atoms with Gasteiger partial charge in [0.2, 0.25) is 0 Å². The van der Waals surface area contributed by atoms with Crippen molar-refractivity contribution in [1.29, 1.82) is 0 Å². The summed E-state index contributed by atoms with van der Waals surface area (Å²) in [6.45, 7) is 0.